The molecule has 0 fully saturated rings. The number of ketones is 2. The van der Waals surface area contributed by atoms with E-state index in [4.69, 9.17) is 9.05 Å². The summed E-state index contributed by atoms with van der Waals surface area (Å²) in [5.74, 6) is -0.340. The van der Waals surface area contributed by atoms with Crippen molar-refractivity contribution >= 4 is 19.8 Å². The van der Waals surface area contributed by atoms with Crippen LogP contribution < -0.4 is 0 Å². The number of Topliss-reactive ketones (excluding diaryl/α,β-unsaturated/α-hetero) is 2. The van der Waals surface area contributed by atoms with Crippen LogP contribution in [-0.2, 0) is 23.2 Å². The predicted molar refractivity (Wildman–Crippen MR) is 68.4 cm³/mol. The van der Waals surface area contributed by atoms with Gasteiger partial charge in [0.1, 0.15) is 0 Å². The van der Waals surface area contributed by atoms with Crippen molar-refractivity contribution in [2.75, 3.05) is 13.2 Å². The first-order valence-corrected chi connectivity index (χ1v) is 6.84. The van der Waals surface area contributed by atoms with Crippen molar-refractivity contribution in [2.24, 2.45) is 10.8 Å². The van der Waals surface area contributed by atoms with E-state index in [-0.39, 0.29) is 24.8 Å². The highest BCUT2D eigenvalue weighted by atomic mass is 31.1. The summed E-state index contributed by atoms with van der Waals surface area (Å²) in [5.41, 5.74) is -1.09. The highest BCUT2D eigenvalue weighted by molar-refractivity contribution is 7.33. The van der Waals surface area contributed by atoms with Crippen molar-refractivity contribution in [1.82, 2.24) is 0 Å². The molecule has 0 atom stereocenters. The second-order valence-corrected chi connectivity index (χ2v) is 7.08. The second-order valence-electron chi connectivity index (χ2n) is 6.12. The predicted octanol–water partition coefficient (Wildman–Crippen LogP) is 2.91. The van der Waals surface area contributed by atoms with Gasteiger partial charge in [-0.25, -0.2) is 0 Å². The summed E-state index contributed by atoms with van der Waals surface area (Å²) < 4.78 is 20.9. The molecule has 0 spiro atoms. The Kier molecular flexibility index (Phi) is 6.27. The van der Waals surface area contributed by atoms with Crippen molar-refractivity contribution in [3.63, 3.8) is 0 Å². The first-order chi connectivity index (χ1) is 7.94. The van der Waals surface area contributed by atoms with Crippen LogP contribution in [0.5, 0.6) is 0 Å². The van der Waals surface area contributed by atoms with Gasteiger partial charge in [0.2, 0.25) is 0 Å². The molecule has 5 nitrogen and oxygen atoms in total. The Balaban J connectivity index is 4.01. The maximum atomic E-state index is 11.5. The lowest BCUT2D eigenvalue weighted by atomic mass is 9.91. The molecule has 0 amide bonds. The fourth-order valence-corrected chi connectivity index (χ4v) is 1.21. The molecule has 0 aromatic rings. The van der Waals surface area contributed by atoms with Gasteiger partial charge < -0.3 is 0 Å². The van der Waals surface area contributed by atoms with Gasteiger partial charge in [0.15, 0.2) is 24.8 Å². The van der Waals surface area contributed by atoms with E-state index in [2.05, 4.69) is 0 Å². The first kappa shape index (κ1) is 17.4. The summed E-state index contributed by atoms with van der Waals surface area (Å²) >= 11 is 0. The lowest BCUT2D eigenvalue weighted by Gasteiger charge is -2.14. The fraction of sp³-hybridized carbons (Fsp3) is 0.833. The molecule has 0 aliphatic rings. The molecule has 0 unspecified atom stereocenters. The Hall–Kier alpha value is -0.640. The summed E-state index contributed by atoms with van der Waals surface area (Å²) in [4.78, 5) is 23.0. The van der Waals surface area contributed by atoms with Crippen LogP contribution in [0.25, 0.3) is 0 Å². The van der Waals surface area contributed by atoms with E-state index < -0.39 is 19.1 Å². The van der Waals surface area contributed by atoms with E-state index in [1.165, 1.54) is 0 Å². The zero-order valence-electron chi connectivity index (χ0n) is 11.9. The summed E-state index contributed by atoms with van der Waals surface area (Å²) in [6.45, 7) is 9.92. The molecule has 0 saturated heterocycles. The van der Waals surface area contributed by atoms with Gasteiger partial charge in [-0.1, -0.05) is 41.5 Å². The minimum absolute atomic E-state index is 0.170. The Labute approximate surface area is 109 Å². The third kappa shape index (κ3) is 6.94. The third-order valence-electron chi connectivity index (χ3n) is 2.28. The van der Waals surface area contributed by atoms with E-state index in [0.717, 1.165) is 0 Å². The lowest BCUT2D eigenvalue weighted by Crippen LogP contribution is -2.25. The second kappa shape index (κ2) is 6.50. The molecule has 0 heterocycles. The maximum absolute atomic E-state index is 11.5. The maximum Gasteiger partial charge on any atom is 0.698 e. The minimum Gasteiger partial charge on any atom is -0.296 e. The van der Waals surface area contributed by atoms with Crippen LogP contribution in [0.4, 0.5) is 0 Å². The topological polar surface area (TPSA) is 69.7 Å². The van der Waals surface area contributed by atoms with E-state index in [1.807, 2.05) is 0 Å². The highest BCUT2D eigenvalue weighted by Crippen LogP contribution is 2.27. The lowest BCUT2D eigenvalue weighted by molar-refractivity contribution is -0.129. The molecule has 0 saturated carbocycles. The highest BCUT2D eigenvalue weighted by Gasteiger charge is 2.31. The van der Waals surface area contributed by atoms with Gasteiger partial charge in [-0.3, -0.25) is 9.59 Å². The smallest absolute Gasteiger partial charge is 0.296 e. The standard InChI is InChI=1S/C12H22O5P/c1-11(2,3)9(13)7-16-18(15)17-8-10(14)12(4,5)6/h7-8H2,1-6H3/q+1. The van der Waals surface area contributed by atoms with Gasteiger partial charge in [0, 0.05) is 15.4 Å². The Morgan fingerprint density at radius 2 is 1.11 bits per heavy atom. The zero-order valence-corrected chi connectivity index (χ0v) is 12.8. The Bertz CT molecular complexity index is 303. The summed E-state index contributed by atoms with van der Waals surface area (Å²) in [5, 5.41) is 0. The van der Waals surface area contributed by atoms with Crippen molar-refractivity contribution in [1.29, 1.82) is 0 Å². The number of rotatable bonds is 6. The molecule has 104 valence electrons. The van der Waals surface area contributed by atoms with Crippen molar-refractivity contribution < 1.29 is 23.2 Å². The first-order valence-electron chi connectivity index (χ1n) is 5.74. The molecule has 0 aliphatic carbocycles. The van der Waals surface area contributed by atoms with Crippen LogP contribution in [0.3, 0.4) is 0 Å². The summed E-state index contributed by atoms with van der Waals surface area (Å²) in [6, 6.07) is 0. The molecule has 0 aliphatic heterocycles. The van der Waals surface area contributed by atoms with Gasteiger partial charge >= 0.3 is 8.25 Å². The Morgan fingerprint density at radius 1 is 0.833 bits per heavy atom. The van der Waals surface area contributed by atoms with Gasteiger partial charge in [-0.15, -0.1) is 9.05 Å². The SMILES string of the molecule is CC(C)(C)C(=O)CO[P+](=O)OCC(=O)C(C)(C)C. The molecular weight excluding hydrogens is 255 g/mol. The molecule has 0 aromatic carbocycles. The van der Waals surface area contributed by atoms with Crippen LogP contribution in [0, 0.1) is 10.8 Å². The Morgan fingerprint density at radius 3 is 1.33 bits per heavy atom. The quantitative estimate of drug-likeness (QED) is 0.698. The minimum atomic E-state index is -2.43. The molecule has 0 radical (unpaired) electrons. The van der Waals surface area contributed by atoms with Crippen LogP contribution >= 0.6 is 8.25 Å². The van der Waals surface area contributed by atoms with Gasteiger partial charge in [0.05, 0.1) is 0 Å². The van der Waals surface area contributed by atoms with Gasteiger partial charge in [-0.2, -0.15) is 0 Å². The average Bonchev–Trinajstić information content (AvgIpc) is 2.19. The number of carbonyl (C=O) groups is 2. The molecule has 18 heavy (non-hydrogen) atoms. The van der Waals surface area contributed by atoms with Crippen molar-refractivity contribution in [3.8, 4) is 0 Å². The van der Waals surface area contributed by atoms with E-state index in [0.29, 0.717) is 0 Å². The largest absolute Gasteiger partial charge is 0.698 e. The number of hydrogen-bond acceptors (Lipinski definition) is 5. The third-order valence-corrected chi connectivity index (χ3v) is 2.95. The van der Waals surface area contributed by atoms with Crippen LogP contribution in [0.15, 0.2) is 0 Å². The molecule has 6 heteroatoms. The van der Waals surface area contributed by atoms with Crippen molar-refractivity contribution in [2.45, 2.75) is 41.5 Å². The normalized spacial score (nSPS) is 12.3. The zero-order chi connectivity index (χ0) is 14.6. The van der Waals surface area contributed by atoms with E-state index in [9.17, 15) is 14.2 Å². The van der Waals surface area contributed by atoms with Crippen molar-refractivity contribution in [3.05, 3.63) is 0 Å². The van der Waals surface area contributed by atoms with E-state index >= 15 is 0 Å². The molecule has 0 aromatic heterocycles. The monoisotopic (exact) mass is 277 g/mol. The number of hydrogen-bond donors (Lipinski definition) is 0. The number of carbonyl (C=O) groups excluding carboxylic acids is 2. The summed E-state index contributed by atoms with van der Waals surface area (Å²) in [6.07, 6.45) is 0. The molecule has 0 bridgehead atoms. The van der Waals surface area contributed by atoms with Crippen LogP contribution in [0.2, 0.25) is 0 Å². The average molecular weight is 277 g/mol. The van der Waals surface area contributed by atoms with Crippen LogP contribution in [-0.4, -0.2) is 24.8 Å². The van der Waals surface area contributed by atoms with Gasteiger partial charge in [0.25, 0.3) is 0 Å². The molecular formula is C12H22O5P+. The molecule has 0 rings (SSSR count). The van der Waals surface area contributed by atoms with Gasteiger partial charge in [-0.05, 0) is 0 Å². The fourth-order valence-electron chi connectivity index (χ4n) is 0.693. The van der Waals surface area contributed by atoms with Crippen LogP contribution in [0.1, 0.15) is 41.5 Å². The van der Waals surface area contributed by atoms with E-state index in [1.54, 1.807) is 41.5 Å². The summed E-state index contributed by atoms with van der Waals surface area (Å²) in [7, 11) is -2.43. The molecule has 0 N–H and O–H groups in total.